The lowest BCUT2D eigenvalue weighted by Gasteiger charge is -1.99. The Bertz CT molecular complexity index is 233. The summed E-state index contributed by atoms with van der Waals surface area (Å²) < 4.78 is 12.4. The summed E-state index contributed by atoms with van der Waals surface area (Å²) in [7, 11) is 0. The molecular formula is C10H16FN. The van der Waals surface area contributed by atoms with Gasteiger partial charge in [-0.1, -0.05) is 20.8 Å². The van der Waals surface area contributed by atoms with Crippen LogP contribution in [0.2, 0.25) is 0 Å². The minimum atomic E-state index is -0.255. The molecule has 0 bridgehead atoms. The van der Waals surface area contributed by atoms with Crippen LogP contribution in [0.15, 0.2) is 12.3 Å². The minimum Gasteiger partial charge on any atom is -0.258 e. The number of rotatable bonds is 1. The predicted molar refractivity (Wildman–Crippen MR) is 49.7 cm³/mol. The molecule has 0 fully saturated rings. The van der Waals surface area contributed by atoms with Crippen LogP contribution in [0, 0.1) is 12.7 Å². The molecule has 0 radical (unpaired) electrons. The van der Waals surface area contributed by atoms with Gasteiger partial charge in [0, 0.05) is 5.69 Å². The van der Waals surface area contributed by atoms with Crippen molar-refractivity contribution in [1.29, 1.82) is 0 Å². The fourth-order valence-corrected chi connectivity index (χ4v) is 0.939. The van der Waals surface area contributed by atoms with Gasteiger partial charge in [0.25, 0.3) is 0 Å². The van der Waals surface area contributed by atoms with Crippen LogP contribution in [0.3, 0.4) is 0 Å². The molecule has 0 spiro atoms. The van der Waals surface area contributed by atoms with Crippen molar-refractivity contribution in [3.8, 4) is 0 Å². The van der Waals surface area contributed by atoms with Crippen molar-refractivity contribution in [1.82, 2.24) is 4.98 Å². The maximum atomic E-state index is 12.4. The predicted octanol–water partition coefficient (Wildman–Crippen LogP) is 3.12. The molecular weight excluding hydrogens is 153 g/mol. The van der Waals surface area contributed by atoms with Gasteiger partial charge in [-0.25, -0.2) is 4.39 Å². The van der Waals surface area contributed by atoms with E-state index in [2.05, 4.69) is 4.98 Å². The molecule has 1 aromatic heterocycles. The van der Waals surface area contributed by atoms with E-state index in [1.54, 1.807) is 0 Å². The number of halogens is 1. The summed E-state index contributed by atoms with van der Waals surface area (Å²) in [6.07, 6.45) is 2.12. The van der Waals surface area contributed by atoms with Gasteiger partial charge in [-0.05, 0) is 25.0 Å². The van der Waals surface area contributed by atoms with E-state index in [0.29, 0.717) is 0 Å². The van der Waals surface area contributed by atoms with Gasteiger partial charge in [0.1, 0.15) is 5.82 Å². The van der Waals surface area contributed by atoms with Crippen LogP contribution in [0.25, 0.3) is 0 Å². The SMILES string of the molecule is CC.CCc1ncc(F)cc1C. The zero-order chi connectivity index (χ0) is 9.56. The molecule has 68 valence electrons. The highest BCUT2D eigenvalue weighted by molar-refractivity contribution is 5.18. The van der Waals surface area contributed by atoms with Crippen LogP contribution in [-0.4, -0.2) is 4.98 Å². The normalized spacial score (nSPS) is 8.75. The summed E-state index contributed by atoms with van der Waals surface area (Å²) in [5, 5.41) is 0. The monoisotopic (exact) mass is 169 g/mol. The van der Waals surface area contributed by atoms with Crippen molar-refractivity contribution in [3.63, 3.8) is 0 Å². The maximum absolute atomic E-state index is 12.4. The zero-order valence-corrected chi connectivity index (χ0v) is 8.19. The molecule has 0 aliphatic rings. The molecule has 12 heavy (non-hydrogen) atoms. The van der Waals surface area contributed by atoms with E-state index in [1.807, 2.05) is 27.7 Å². The van der Waals surface area contributed by atoms with Crippen molar-refractivity contribution < 1.29 is 4.39 Å². The molecule has 0 unspecified atom stereocenters. The summed E-state index contributed by atoms with van der Waals surface area (Å²) in [5.74, 6) is -0.255. The molecule has 2 heteroatoms. The van der Waals surface area contributed by atoms with E-state index < -0.39 is 0 Å². The summed E-state index contributed by atoms with van der Waals surface area (Å²) in [5.41, 5.74) is 1.91. The van der Waals surface area contributed by atoms with Crippen LogP contribution in [0.1, 0.15) is 32.0 Å². The Hall–Kier alpha value is -0.920. The highest BCUT2D eigenvalue weighted by Crippen LogP contribution is 2.05. The van der Waals surface area contributed by atoms with E-state index in [9.17, 15) is 4.39 Å². The zero-order valence-electron chi connectivity index (χ0n) is 8.19. The third kappa shape index (κ3) is 2.99. The van der Waals surface area contributed by atoms with Crippen LogP contribution in [-0.2, 0) is 6.42 Å². The third-order valence-corrected chi connectivity index (χ3v) is 1.49. The van der Waals surface area contributed by atoms with Crippen LogP contribution < -0.4 is 0 Å². The molecule has 0 aliphatic heterocycles. The van der Waals surface area contributed by atoms with Crippen molar-refractivity contribution in [3.05, 3.63) is 29.3 Å². The number of nitrogens with zero attached hydrogens (tertiary/aromatic N) is 1. The second kappa shape index (κ2) is 5.70. The average molecular weight is 169 g/mol. The van der Waals surface area contributed by atoms with E-state index >= 15 is 0 Å². The Kier molecular flexibility index (Phi) is 5.26. The number of aryl methyl sites for hydroxylation is 2. The van der Waals surface area contributed by atoms with Gasteiger partial charge in [-0.15, -0.1) is 0 Å². The first-order valence-electron chi connectivity index (χ1n) is 4.35. The molecule has 1 heterocycles. The van der Waals surface area contributed by atoms with Crippen molar-refractivity contribution >= 4 is 0 Å². The summed E-state index contributed by atoms with van der Waals surface area (Å²) in [4.78, 5) is 3.92. The van der Waals surface area contributed by atoms with E-state index in [0.717, 1.165) is 17.7 Å². The van der Waals surface area contributed by atoms with E-state index in [4.69, 9.17) is 0 Å². The molecule has 0 aromatic carbocycles. The first-order chi connectivity index (χ1) is 5.74. The standard InChI is InChI=1S/C8H10FN.C2H6/c1-3-8-6(2)4-7(9)5-10-8;1-2/h4-5H,3H2,1-2H3;1-2H3. The Morgan fingerprint density at radius 1 is 1.42 bits per heavy atom. The number of hydrogen-bond donors (Lipinski definition) is 0. The van der Waals surface area contributed by atoms with Crippen molar-refractivity contribution in [2.75, 3.05) is 0 Å². The largest absolute Gasteiger partial charge is 0.258 e. The highest BCUT2D eigenvalue weighted by atomic mass is 19.1. The lowest BCUT2D eigenvalue weighted by Crippen LogP contribution is -1.91. The van der Waals surface area contributed by atoms with Gasteiger partial charge in [0.15, 0.2) is 0 Å². The van der Waals surface area contributed by atoms with Crippen molar-refractivity contribution in [2.45, 2.75) is 34.1 Å². The second-order valence-electron chi connectivity index (χ2n) is 2.27. The van der Waals surface area contributed by atoms with E-state index in [-0.39, 0.29) is 5.82 Å². The summed E-state index contributed by atoms with van der Waals surface area (Å²) >= 11 is 0. The van der Waals surface area contributed by atoms with Gasteiger partial charge in [-0.2, -0.15) is 0 Å². The average Bonchev–Trinajstić information content (AvgIpc) is 2.08. The summed E-state index contributed by atoms with van der Waals surface area (Å²) in [6.45, 7) is 7.88. The van der Waals surface area contributed by atoms with Crippen LogP contribution in [0.4, 0.5) is 4.39 Å². The van der Waals surface area contributed by atoms with E-state index in [1.165, 1.54) is 12.3 Å². The molecule has 0 N–H and O–H groups in total. The molecule has 1 aromatic rings. The highest BCUT2D eigenvalue weighted by Gasteiger charge is 1.97. The van der Waals surface area contributed by atoms with Gasteiger partial charge >= 0.3 is 0 Å². The lowest BCUT2D eigenvalue weighted by atomic mass is 10.2. The fourth-order valence-electron chi connectivity index (χ4n) is 0.939. The molecule has 0 aliphatic carbocycles. The molecule has 0 saturated heterocycles. The maximum Gasteiger partial charge on any atom is 0.141 e. The molecule has 0 atom stereocenters. The van der Waals surface area contributed by atoms with Crippen LogP contribution in [0.5, 0.6) is 0 Å². The van der Waals surface area contributed by atoms with Crippen LogP contribution >= 0.6 is 0 Å². The lowest BCUT2D eigenvalue weighted by molar-refractivity contribution is 0.617. The molecule has 1 nitrogen and oxygen atoms in total. The van der Waals surface area contributed by atoms with Gasteiger partial charge in [0.05, 0.1) is 6.20 Å². The molecule has 0 saturated carbocycles. The number of pyridine rings is 1. The molecule has 1 rings (SSSR count). The first-order valence-corrected chi connectivity index (χ1v) is 4.35. The van der Waals surface area contributed by atoms with Gasteiger partial charge in [0.2, 0.25) is 0 Å². The van der Waals surface area contributed by atoms with Gasteiger partial charge in [-0.3, -0.25) is 4.98 Å². The Morgan fingerprint density at radius 3 is 2.42 bits per heavy atom. The third-order valence-electron chi connectivity index (χ3n) is 1.49. The Labute approximate surface area is 73.6 Å². The topological polar surface area (TPSA) is 12.9 Å². The Morgan fingerprint density at radius 2 is 2.00 bits per heavy atom. The first kappa shape index (κ1) is 11.1. The quantitative estimate of drug-likeness (QED) is 0.629. The second-order valence-corrected chi connectivity index (χ2v) is 2.27. The minimum absolute atomic E-state index is 0.255. The summed E-state index contributed by atoms with van der Waals surface area (Å²) in [6, 6.07) is 1.51. The smallest absolute Gasteiger partial charge is 0.141 e. The molecule has 0 amide bonds. The fraction of sp³-hybridized carbons (Fsp3) is 0.500. The number of hydrogen-bond acceptors (Lipinski definition) is 1. The number of aromatic nitrogens is 1. The Balaban J connectivity index is 0.000000561. The van der Waals surface area contributed by atoms with Gasteiger partial charge < -0.3 is 0 Å². The van der Waals surface area contributed by atoms with Crippen molar-refractivity contribution in [2.24, 2.45) is 0 Å².